The Hall–Kier alpha value is -2.11. The molecule has 1 amide bonds. The molecule has 0 aliphatic rings. The van der Waals surface area contributed by atoms with Gasteiger partial charge in [0.25, 0.3) is 0 Å². The van der Waals surface area contributed by atoms with Gasteiger partial charge in [0, 0.05) is 18.0 Å². The van der Waals surface area contributed by atoms with Gasteiger partial charge >= 0.3 is 0 Å². The Morgan fingerprint density at radius 2 is 2.38 bits per heavy atom. The zero-order valence-electron chi connectivity index (χ0n) is 9.07. The number of hydrogen-bond acceptors (Lipinski definition) is 4. The molecule has 0 spiro atoms. The lowest BCUT2D eigenvalue weighted by atomic mass is 10.1. The molecule has 0 saturated carbocycles. The van der Waals surface area contributed by atoms with Crippen molar-refractivity contribution in [1.29, 1.82) is 0 Å². The van der Waals surface area contributed by atoms with Crippen LogP contribution in [0.5, 0.6) is 0 Å². The molecule has 2 rings (SSSR count). The zero-order valence-corrected chi connectivity index (χ0v) is 9.07. The van der Waals surface area contributed by atoms with Crippen molar-refractivity contribution in [3.63, 3.8) is 0 Å². The Labute approximate surface area is 92.1 Å². The van der Waals surface area contributed by atoms with Crippen molar-refractivity contribution in [2.45, 2.75) is 20.3 Å². The number of hydrogen-bond donors (Lipinski definition) is 2. The summed E-state index contributed by atoms with van der Waals surface area (Å²) in [5.74, 6) is 0.966. The van der Waals surface area contributed by atoms with Gasteiger partial charge < -0.3 is 9.51 Å². The van der Waals surface area contributed by atoms with Crippen molar-refractivity contribution in [2.75, 3.05) is 5.32 Å². The molecule has 16 heavy (non-hydrogen) atoms. The molecule has 0 aliphatic heterocycles. The lowest BCUT2D eigenvalue weighted by molar-refractivity contribution is -0.115. The van der Waals surface area contributed by atoms with E-state index in [2.05, 4.69) is 20.4 Å². The summed E-state index contributed by atoms with van der Waals surface area (Å²) in [5, 5.41) is 6.43. The molecule has 2 heterocycles. The summed E-state index contributed by atoms with van der Waals surface area (Å²) < 4.78 is 4.98. The lowest BCUT2D eigenvalue weighted by Crippen LogP contribution is -2.16. The lowest BCUT2D eigenvalue weighted by Gasteiger charge is -2.01. The fraction of sp³-hybridized carbons (Fsp3) is 0.300. The number of amides is 1. The van der Waals surface area contributed by atoms with E-state index in [9.17, 15) is 4.79 Å². The SMILES string of the molecule is Cc1noc(C)c1CC(=O)Nc1ncc[nH]1. The fourth-order valence-electron chi connectivity index (χ4n) is 1.42. The predicted octanol–water partition coefficient (Wildman–Crippen LogP) is 1.20. The van der Waals surface area contributed by atoms with Gasteiger partial charge in [-0.1, -0.05) is 5.16 Å². The van der Waals surface area contributed by atoms with E-state index in [4.69, 9.17) is 4.52 Å². The van der Waals surface area contributed by atoms with Crippen molar-refractivity contribution in [1.82, 2.24) is 15.1 Å². The second-order valence-electron chi connectivity index (χ2n) is 3.47. The van der Waals surface area contributed by atoms with Crippen LogP contribution in [-0.4, -0.2) is 21.0 Å². The van der Waals surface area contributed by atoms with Crippen LogP contribution < -0.4 is 5.32 Å². The third-order valence-corrected chi connectivity index (χ3v) is 2.27. The molecule has 0 aromatic carbocycles. The van der Waals surface area contributed by atoms with Gasteiger partial charge in [-0.3, -0.25) is 10.1 Å². The largest absolute Gasteiger partial charge is 0.361 e. The number of H-pyrrole nitrogens is 1. The van der Waals surface area contributed by atoms with Crippen molar-refractivity contribution < 1.29 is 9.32 Å². The van der Waals surface area contributed by atoms with Gasteiger partial charge in [0.15, 0.2) is 0 Å². The molecule has 2 N–H and O–H groups in total. The number of imidazole rings is 1. The van der Waals surface area contributed by atoms with E-state index < -0.39 is 0 Å². The predicted molar refractivity (Wildman–Crippen MR) is 56.9 cm³/mol. The molecule has 0 fully saturated rings. The van der Waals surface area contributed by atoms with E-state index in [1.54, 1.807) is 19.3 Å². The van der Waals surface area contributed by atoms with Crippen LogP contribution in [0.3, 0.4) is 0 Å². The average molecular weight is 220 g/mol. The summed E-state index contributed by atoms with van der Waals surface area (Å²) in [7, 11) is 0. The number of nitrogens with one attached hydrogen (secondary N) is 2. The molecule has 84 valence electrons. The highest BCUT2D eigenvalue weighted by Gasteiger charge is 2.13. The maximum atomic E-state index is 11.6. The molecule has 0 bridgehead atoms. The molecule has 2 aromatic rings. The van der Waals surface area contributed by atoms with E-state index in [0.717, 1.165) is 11.3 Å². The van der Waals surface area contributed by atoms with Crippen molar-refractivity contribution in [3.8, 4) is 0 Å². The average Bonchev–Trinajstić information content (AvgIpc) is 2.83. The molecule has 0 saturated heterocycles. The topological polar surface area (TPSA) is 83.8 Å². The number of anilines is 1. The monoisotopic (exact) mass is 220 g/mol. The summed E-state index contributed by atoms with van der Waals surface area (Å²) in [6.07, 6.45) is 3.46. The van der Waals surface area contributed by atoms with Crippen LogP contribution in [0.4, 0.5) is 5.95 Å². The summed E-state index contributed by atoms with van der Waals surface area (Å²) in [5.41, 5.74) is 1.57. The van der Waals surface area contributed by atoms with Crippen LogP contribution in [0.2, 0.25) is 0 Å². The zero-order chi connectivity index (χ0) is 11.5. The maximum Gasteiger partial charge on any atom is 0.231 e. The summed E-state index contributed by atoms with van der Waals surface area (Å²) >= 11 is 0. The fourth-order valence-corrected chi connectivity index (χ4v) is 1.42. The first-order valence-corrected chi connectivity index (χ1v) is 4.88. The van der Waals surface area contributed by atoms with Gasteiger partial charge in [0.1, 0.15) is 5.76 Å². The van der Waals surface area contributed by atoms with Gasteiger partial charge in [-0.2, -0.15) is 0 Å². The van der Waals surface area contributed by atoms with Gasteiger partial charge in [-0.05, 0) is 13.8 Å². The summed E-state index contributed by atoms with van der Waals surface area (Å²) in [6.45, 7) is 3.60. The van der Waals surface area contributed by atoms with Crippen molar-refractivity contribution in [3.05, 3.63) is 29.4 Å². The molecule has 2 aromatic heterocycles. The van der Waals surface area contributed by atoms with Crippen LogP contribution in [0.25, 0.3) is 0 Å². The van der Waals surface area contributed by atoms with Crippen LogP contribution in [-0.2, 0) is 11.2 Å². The minimum atomic E-state index is -0.149. The molecule has 0 atom stereocenters. The molecule has 0 radical (unpaired) electrons. The minimum absolute atomic E-state index is 0.149. The van der Waals surface area contributed by atoms with E-state index >= 15 is 0 Å². The van der Waals surface area contributed by atoms with Gasteiger partial charge in [0.05, 0.1) is 12.1 Å². The normalized spacial score (nSPS) is 10.4. The second kappa shape index (κ2) is 4.18. The van der Waals surface area contributed by atoms with Crippen LogP contribution in [0.1, 0.15) is 17.0 Å². The first-order valence-electron chi connectivity index (χ1n) is 4.88. The number of nitrogens with zero attached hydrogens (tertiary/aromatic N) is 2. The number of carbonyl (C=O) groups excluding carboxylic acids is 1. The number of aryl methyl sites for hydroxylation is 2. The van der Waals surface area contributed by atoms with Gasteiger partial charge in [-0.25, -0.2) is 4.98 Å². The highest BCUT2D eigenvalue weighted by Crippen LogP contribution is 2.13. The Morgan fingerprint density at radius 1 is 1.56 bits per heavy atom. The Morgan fingerprint density at radius 3 is 2.94 bits per heavy atom. The van der Waals surface area contributed by atoms with Crippen LogP contribution in [0.15, 0.2) is 16.9 Å². The number of aromatic nitrogens is 3. The van der Waals surface area contributed by atoms with Crippen molar-refractivity contribution >= 4 is 11.9 Å². The molecular weight excluding hydrogens is 208 g/mol. The Balaban J connectivity index is 2.03. The minimum Gasteiger partial charge on any atom is -0.361 e. The molecular formula is C10H12N4O2. The van der Waals surface area contributed by atoms with E-state index in [1.165, 1.54) is 0 Å². The third kappa shape index (κ3) is 2.10. The highest BCUT2D eigenvalue weighted by molar-refractivity contribution is 5.90. The number of carbonyl (C=O) groups is 1. The standard InChI is InChI=1S/C10H12N4O2/c1-6-8(7(2)16-14-6)5-9(15)13-10-11-3-4-12-10/h3-4H,5H2,1-2H3,(H2,11,12,13,15). The smallest absolute Gasteiger partial charge is 0.231 e. The Kier molecular flexibility index (Phi) is 2.72. The number of rotatable bonds is 3. The second-order valence-corrected chi connectivity index (χ2v) is 3.47. The van der Waals surface area contributed by atoms with Crippen LogP contribution in [0, 0.1) is 13.8 Å². The summed E-state index contributed by atoms with van der Waals surface area (Å²) in [4.78, 5) is 18.3. The Bertz CT molecular complexity index is 467. The first-order chi connectivity index (χ1) is 7.66. The highest BCUT2D eigenvalue weighted by atomic mass is 16.5. The molecule has 0 unspecified atom stereocenters. The third-order valence-electron chi connectivity index (χ3n) is 2.27. The van der Waals surface area contributed by atoms with Crippen molar-refractivity contribution in [2.24, 2.45) is 0 Å². The van der Waals surface area contributed by atoms with E-state index in [1.807, 2.05) is 6.92 Å². The van der Waals surface area contributed by atoms with Gasteiger partial charge in [0.2, 0.25) is 11.9 Å². The van der Waals surface area contributed by atoms with E-state index in [0.29, 0.717) is 11.7 Å². The quantitative estimate of drug-likeness (QED) is 0.813. The maximum absolute atomic E-state index is 11.6. The number of aromatic amines is 1. The van der Waals surface area contributed by atoms with Gasteiger partial charge in [-0.15, -0.1) is 0 Å². The van der Waals surface area contributed by atoms with Crippen LogP contribution >= 0.6 is 0 Å². The molecule has 6 nitrogen and oxygen atoms in total. The summed E-state index contributed by atoms with van der Waals surface area (Å²) in [6, 6.07) is 0. The molecule has 0 aliphatic carbocycles. The first kappa shape index (κ1) is 10.4. The molecule has 6 heteroatoms. The van der Waals surface area contributed by atoms with E-state index in [-0.39, 0.29) is 12.3 Å².